The zero-order chi connectivity index (χ0) is 9.43. The fourth-order valence-corrected chi connectivity index (χ4v) is 2.54. The number of allylic oxidation sites excluding steroid dienone is 4. The van der Waals surface area contributed by atoms with Gasteiger partial charge in [-0.2, -0.15) is 0 Å². The Labute approximate surface area is 99.4 Å². The van der Waals surface area contributed by atoms with Crippen molar-refractivity contribution in [2.45, 2.75) is 29.9 Å². The molecule has 0 N–H and O–H groups in total. The Morgan fingerprint density at radius 1 is 1.21 bits per heavy atom. The molecule has 0 unspecified atom stereocenters. The summed E-state index contributed by atoms with van der Waals surface area (Å²) in [5.41, 5.74) is 0.988. The molecule has 0 fully saturated rings. The molecule has 0 aliphatic heterocycles. The van der Waals surface area contributed by atoms with E-state index in [9.17, 15) is 4.79 Å². The van der Waals surface area contributed by atoms with Gasteiger partial charge in [-0.05, 0) is 0 Å². The summed E-state index contributed by atoms with van der Waals surface area (Å²) in [6.45, 7) is 0. The van der Waals surface area contributed by atoms with Gasteiger partial charge in [0.15, 0.2) is 0 Å². The number of carbonyl (C=O) groups is 1. The van der Waals surface area contributed by atoms with Crippen molar-refractivity contribution in [3.05, 3.63) is 23.8 Å². The average Bonchev–Trinajstić information content (AvgIpc) is 2.32. The Bertz CT molecular complexity index is 275. The summed E-state index contributed by atoms with van der Waals surface area (Å²) in [4.78, 5) is 11.9. The van der Waals surface area contributed by atoms with E-state index in [1.54, 1.807) is 0 Å². The average molecular weight is 283 g/mol. The van der Waals surface area contributed by atoms with Gasteiger partial charge in [0.1, 0.15) is 0 Å². The maximum absolute atomic E-state index is 11.9. The van der Waals surface area contributed by atoms with Gasteiger partial charge in [0.2, 0.25) is 0 Å². The quantitative estimate of drug-likeness (QED) is 0.538. The smallest absolute Gasteiger partial charge is 1.00 e. The Morgan fingerprint density at radius 2 is 1.71 bits per heavy atom. The fraction of sp³-hybridized carbons (Fsp3) is 0.500. The van der Waals surface area contributed by atoms with Crippen LogP contribution in [0.3, 0.4) is 0 Å². The van der Waals surface area contributed by atoms with Gasteiger partial charge in [-0.25, -0.2) is 0 Å². The first-order valence-corrected chi connectivity index (χ1v) is 8.36. The van der Waals surface area contributed by atoms with Crippen LogP contribution >= 0.6 is 0 Å². The molecule has 0 amide bonds. The van der Waals surface area contributed by atoms with Crippen LogP contribution < -0.4 is 24.8 Å². The summed E-state index contributed by atoms with van der Waals surface area (Å²) in [5, 5.41) is 0. The molecular weight excluding hydrogens is 266 g/mol. The third-order valence-electron chi connectivity index (χ3n) is 1.61. The second kappa shape index (κ2) is 4.84. The van der Waals surface area contributed by atoms with E-state index in [2.05, 4.69) is 23.4 Å². The SMILES string of the molecule is [CH3][Co+2]([CH3])([CH3])([CH3])[C](=O)C1=CC=CC1.[Cl-].[Cl-]. The molecule has 0 heterocycles. The molecule has 0 aromatic heterocycles. The summed E-state index contributed by atoms with van der Waals surface area (Å²) in [6, 6.07) is 0. The second-order valence-electron chi connectivity index (χ2n) is 4.24. The van der Waals surface area contributed by atoms with E-state index < -0.39 is 11.6 Å². The van der Waals surface area contributed by atoms with Gasteiger partial charge in [0, 0.05) is 0 Å². The van der Waals surface area contributed by atoms with E-state index in [4.69, 9.17) is 0 Å². The van der Waals surface area contributed by atoms with Gasteiger partial charge in [0.05, 0.1) is 0 Å². The number of rotatable bonds is 2. The Balaban J connectivity index is 0. The first-order valence-electron chi connectivity index (χ1n) is 3.67. The summed E-state index contributed by atoms with van der Waals surface area (Å²) >= 11 is -2.02. The first-order chi connectivity index (χ1) is 5.27. The van der Waals surface area contributed by atoms with Crippen LogP contribution in [0.5, 0.6) is 0 Å². The van der Waals surface area contributed by atoms with Crippen molar-refractivity contribution in [2.75, 3.05) is 0 Å². The van der Waals surface area contributed by atoms with Crippen LogP contribution in [0.4, 0.5) is 0 Å². The Morgan fingerprint density at radius 3 is 2.00 bits per heavy atom. The third kappa shape index (κ3) is 4.18. The molecule has 4 heteroatoms. The van der Waals surface area contributed by atoms with Crippen LogP contribution in [0.1, 0.15) is 6.42 Å². The van der Waals surface area contributed by atoms with Crippen LogP contribution in [0, 0.1) is 0 Å². The van der Waals surface area contributed by atoms with Crippen LogP contribution in [-0.4, -0.2) is 4.72 Å². The number of carbonyl (C=O) groups excluding carboxylic acids is 1. The molecule has 1 aliphatic rings. The van der Waals surface area contributed by atoms with E-state index >= 15 is 0 Å². The van der Waals surface area contributed by atoms with E-state index in [1.165, 1.54) is 0 Å². The fourth-order valence-electron chi connectivity index (χ4n) is 1.01. The monoisotopic (exact) mass is 282 g/mol. The van der Waals surface area contributed by atoms with Crippen LogP contribution in [0.2, 0.25) is 23.4 Å². The molecule has 0 atom stereocenters. The zero-order valence-electron chi connectivity index (χ0n) is 8.94. The van der Waals surface area contributed by atoms with Gasteiger partial charge in [-0.1, -0.05) is 0 Å². The minimum Gasteiger partial charge on any atom is -1.00 e. The summed E-state index contributed by atoms with van der Waals surface area (Å²) in [5.74, 6) is 8.41. The van der Waals surface area contributed by atoms with Crippen molar-refractivity contribution >= 4 is 4.72 Å². The van der Waals surface area contributed by atoms with Crippen molar-refractivity contribution in [1.82, 2.24) is 0 Å². The topological polar surface area (TPSA) is 17.1 Å². The number of halogens is 2. The maximum Gasteiger partial charge on any atom is -1.00 e. The molecule has 0 radical (unpaired) electrons. The predicted octanol–water partition coefficient (Wildman–Crippen LogP) is -2.71. The van der Waals surface area contributed by atoms with E-state index in [1.807, 2.05) is 18.2 Å². The number of hydrogen-bond donors (Lipinski definition) is 0. The summed E-state index contributed by atoms with van der Waals surface area (Å²) < 4.78 is 0.379. The molecule has 0 aromatic rings. The molecular formula is C10H17Cl2CoO. The minimum absolute atomic E-state index is 0. The summed E-state index contributed by atoms with van der Waals surface area (Å²) in [7, 11) is 0. The van der Waals surface area contributed by atoms with Gasteiger partial charge in [-0.3, -0.25) is 0 Å². The van der Waals surface area contributed by atoms with Gasteiger partial charge >= 0.3 is 74.7 Å². The minimum atomic E-state index is -2.02. The molecule has 0 bridgehead atoms. The number of hydrogen-bond acceptors (Lipinski definition) is 1. The molecule has 86 valence electrons. The predicted molar refractivity (Wildman–Crippen MR) is 50.3 cm³/mol. The maximum atomic E-state index is 11.9. The van der Waals surface area contributed by atoms with E-state index in [-0.39, 0.29) is 24.8 Å². The standard InChI is InChI=1S/C6H5O.4CH3.2ClH.Co/c7-5-6-3-1-2-4-6;;;;;;;/h1-3H,4H2;4*1H3;2*1H;/q;;;;;;;+2/p-2. The molecule has 1 aliphatic carbocycles. The van der Waals surface area contributed by atoms with E-state index in [0.717, 1.165) is 12.0 Å². The Hall–Kier alpha value is 0.236. The molecule has 1 nitrogen and oxygen atoms in total. The van der Waals surface area contributed by atoms with Crippen molar-refractivity contribution in [3.63, 3.8) is 0 Å². The van der Waals surface area contributed by atoms with Gasteiger partial charge < -0.3 is 24.8 Å². The van der Waals surface area contributed by atoms with Crippen molar-refractivity contribution in [2.24, 2.45) is 0 Å². The van der Waals surface area contributed by atoms with Crippen molar-refractivity contribution in [1.29, 1.82) is 0 Å². The van der Waals surface area contributed by atoms with Crippen molar-refractivity contribution in [3.8, 4) is 0 Å². The summed E-state index contributed by atoms with van der Waals surface area (Å²) in [6.07, 6.45) is 6.79. The molecule has 0 saturated heterocycles. The Kier molecular flexibility index (Phi) is 5.76. The molecule has 0 spiro atoms. The molecule has 0 saturated carbocycles. The normalized spacial score (nSPS) is 17.1. The van der Waals surface area contributed by atoms with Crippen LogP contribution in [0.15, 0.2) is 23.8 Å². The molecule has 14 heavy (non-hydrogen) atoms. The largest absolute Gasteiger partial charge is 1.00 e. The van der Waals surface area contributed by atoms with Crippen LogP contribution in [0.25, 0.3) is 0 Å². The van der Waals surface area contributed by atoms with Crippen molar-refractivity contribution < 1.29 is 41.2 Å². The second-order valence-corrected chi connectivity index (χ2v) is 13.0. The molecule has 0 aromatic carbocycles. The molecule has 1 rings (SSSR count). The van der Waals surface area contributed by atoms with Crippen LogP contribution in [-0.2, 0) is 16.4 Å². The van der Waals surface area contributed by atoms with E-state index in [0.29, 0.717) is 4.72 Å². The first kappa shape index (κ1) is 16.7. The van der Waals surface area contributed by atoms with Gasteiger partial charge in [0.25, 0.3) is 0 Å². The van der Waals surface area contributed by atoms with Gasteiger partial charge in [-0.15, -0.1) is 0 Å². The third-order valence-corrected chi connectivity index (χ3v) is 3.84. The zero-order valence-corrected chi connectivity index (χ0v) is 11.5.